The number of rotatable bonds is 1. The Balaban J connectivity index is 3.40. The van der Waals surface area contributed by atoms with Crippen LogP contribution in [0.4, 0.5) is 4.39 Å². The standard InChI is InChI=1S/C8H7BrClFS/c1-4-3-5(11)8(12-2)6(9)7(4)10/h3H,1-2H3. The number of hydrogen-bond donors (Lipinski definition) is 0. The number of halogens is 3. The van der Waals surface area contributed by atoms with Crippen LogP contribution < -0.4 is 0 Å². The maximum Gasteiger partial charge on any atom is 0.138 e. The summed E-state index contributed by atoms with van der Waals surface area (Å²) in [6.45, 7) is 1.78. The van der Waals surface area contributed by atoms with Gasteiger partial charge >= 0.3 is 0 Å². The molecule has 1 aromatic rings. The molecule has 0 saturated heterocycles. The lowest BCUT2D eigenvalue weighted by molar-refractivity contribution is 0.599. The van der Waals surface area contributed by atoms with Crippen molar-refractivity contribution in [3.63, 3.8) is 0 Å². The fourth-order valence-corrected chi connectivity index (χ4v) is 2.61. The summed E-state index contributed by atoms with van der Waals surface area (Å²) in [7, 11) is 0. The molecule has 66 valence electrons. The summed E-state index contributed by atoms with van der Waals surface area (Å²) in [6.07, 6.45) is 1.81. The average molecular weight is 270 g/mol. The van der Waals surface area contributed by atoms with Gasteiger partial charge in [0.1, 0.15) is 5.82 Å². The third-order valence-corrected chi connectivity index (χ3v) is 4.08. The monoisotopic (exact) mass is 268 g/mol. The van der Waals surface area contributed by atoms with Gasteiger partial charge in [0.2, 0.25) is 0 Å². The summed E-state index contributed by atoms with van der Waals surface area (Å²) >= 11 is 10.5. The Hall–Kier alpha value is 0.270. The van der Waals surface area contributed by atoms with Gasteiger partial charge in [-0.15, -0.1) is 11.8 Å². The molecule has 0 N–H and O–H groups in total. The van der Waals surface area contributed by atoms with Crippen LogP contribution in [0.2, 0.25) is 5.02 Å². The number of aryl methyl sites for hydroxylation is 1. The molecule has 0 fully saturated rings. The number of hydrogen-bond acceptors (Lipinski definition) is 1. The molecule has 0 aliphatic heterocycles. The quantitative estimate of drug-likeness (QED) is 0.542. The zero-order chi connectivity index (χ0) is 9.30. The van der Waals surface area contributed by atoms with E-state index in [0.29, 0.717) is 14.4 Å². The molecule has 4 heteroatoms. The molecule has 0 bridgehead atoms. The first-order valence-electron chi connectivity index (χ1n) is 3.26. The number of thioether (sulfide) groups is 1. The van der Waals surface area contributed by atoms with Crippen molar-refractivity contribution < 1.29 is 4.39 Å². The van der Waals surface area contributed by atoms with E-state index in [1.54, 1.807) is 6.92 Å². The van der Waals surface area contributed by atoms with Gasteiger partial charge < -0.3 is 0 Å². The Morgan fingerprint density at radius 3 is 2.67 bits per heavy atom. The van der Waals surface area contributed by atoms with Gasteiger partial charge in [0.25, 0.3) is 0 Å². The van der Waals surface area contributed by atoms with Crippen LogP contribution in [-0.2, 0) is 0 Å². The maximum absolute atomic E-state index is 13.2. The minimum absolute atomic E-state index is 0.226. The lowest BCUT2D eigenvalue weighted by atomic mass is 10.2. The molecule has 0 saturated carbocycles. The second-order valence-electron chi connectivity index (χ2n) is 2.34. The first-order chi connectivity index (χ1) is 5.57. The Labute approximate surface area is 88.6 Å². The molecule has 0 unspecified atom stereocenters. The molecule has 0 spiro atoms. The average Bonchev–Trinajstić information content (AvgIpc) is 2.01. The van der Waals surface area contributed by atoms with Crippen molar-refractivity contribution in [2.24, 2.45) is 0 Å². The Kier molecular flexibility index (Phi) is 3.44. The highest BCUT2D eigenvalue weighted by Gasteiger charge is 2.11. The maximum atomic E-state index is 13.2. The first-order valence-corrected chi connectivity index (χ1v) is 5.65. The number of benzene rings is 1. The predicted molar refractivity (Wildman–Crippen MR) is 55.6 cm³/mol. The zero-order valence-electron chi connectivity index (χ0n) is 6.62. The van der Waals surface area contributed by atoms with Crippen molar-refractivity contribution >= 4 is 39.3 Å². The molecule has 0 radical (unpaired) electrons. The molecule has 0 aliphatic rings. The molecule has 0 aliphatic carbocycles. The van der Waals surface area contributed by atoms with E-state index in [0.717, 1.165) is 5.56 Å². The van der Waals surface area contributed by atoms with E-state index < -0.39 is 0 Å². The van der Waals surface area contributed by atoms with Crippen LogP contribution >= 0.6 is 39.3 Å². The van der Waals surface area contributed by atoms with E-state index in [1.807, 2.05) is 6.26 Å². The van der Waals surface area contributed by atoms with Gasteiger partial charge in [-0.1, -0.05) is 11.6 Å². The van der Waals surface area contributed by atoms with Crippen molar-refractivity contribution in [2.75, 3.05) is 6.26 Å². The zero-order valence-corrected chi connectivity index (χ0v) is 9.78. The van der Waals surface area contributed by atoms with Gasteiger partial charge in [-0.3, -0.25) is 0 Å². The van der Waals surface area contributed by atoms with Crippen LogP contribution in [0.15, 0.2) is 15.4 Å². The van der Waals surface area contributed by atoms with Crippen molar-refractivity contribution in [1.82, 2.24) is 0 Å². The van der Waals surface area contributed by atoms with Crippen LogP contribution in [0.1, 0.15) is 5.56 Å². The molecule has 0 atom stereocenters. The molecule has 0 heterocycles. The molecule has 1 aromatic carbocycles. The van der Waals surface area contributed by atoms with E-state index in [4.69, 9.17) is 11.6 Å². The summed E-state index contributed by atoms with van der Waals surface area (Å²) in [5.74, 6) is -0.226. The fourth-order valence-electron chi connectivity index (χ4n) is 0.884. The van der Waals surface area contributed by atoms with Gasteiger partial charge in [-0.25, -0.2) is 4.39 Å². The van der Waals surface area contributed by atoms with Gasteiger partial charge in [0.05, 0.1) is 14.4 Å². The highest BCUT2D eigenvalue weighted by Crippen LogP contribution is 2.36. The summed E-state index contributed by atoms with van der Waals surface area (Å²) in [4.78, 5) is 0.561. The van der Waals surface area contributed by atoms with Gasteiger partial charge in [-0.05, 0) is 40.7 Å². The molecular formula is C8H7BrClFS. The van der Waals surface area contributed by atoms with Crippen LogP contribution in [0, 0.1) is 12.7 Å². The van der Waals surface area contributed by atoms with Crippen molar-refractivity contribution in [3.8, 4) is 0 Å². The summed E-state index contributed by atoms with van der Waals surface area (Å²) < 4.78 is 13.8. The molecule has 12 heavy (non-hydrogen) atoms. The van der Waals surface area contributed by atoms with E-state index >= 15 is 0 Å². The van der Waals surface area contributed by atoms with E-state index in [2.05, 4.69) is 15.9 Å². The van der Waals surface area contributed by atoms with Gasteiger partial charge in [0, 0.05) is 0 Å². The van der Waals surface area contributed by atoms with E-state index in [-0.39, 0.29) is 5.82 Å². The molecule has 0 nitrogen and oxygen atoms in total. The highest BCUT2D eigenvalue weighted by molar-refractivity contribution is 9.10. The van der Waals surface area contributed by atoms with Crippen LogP contribution in [0.3, 0.4) is 0 Å². The summed E-state index contributed by atoms with van der Waals surface area (Å²) in [5.41, 5.74) is 0.749. The first kappa shape index (κ1) is 10.4. The topological polar surface area (TPSA) is 0 Å². The largest absolute Gasteiger partial charge is 0.206 e. The van der Waals surface area contributed by atoms with Gasteiger partial charge in [0.15, 0.2) is 0 Å². The van der Waals surface area contributed by atoms with Crippen molar-refractivity contribution in [3.05, 3.63) is 26.9 Å². The highest BCUT2D eigenvalue weighted by atomic mass is 79.9. The lowest BCUT2D eigenvalue weighted by Gasteiger charge is -2.06. The minimum atomic E-state index is -0.226. The van der Waals surface area contributed by atoms with Crippen molar-refractivity contribution in [2.45, 2.75) is 11.8 Å². The summed E-state index contributed by atoms with van der Waals surface area (Å²) in [6, 6.07) is 1.44. The molecule has 0 aromatic heterocycles. The molecule has 0 amide bonds. The van der Waals surface area contributed by atoms with E-state index in [1.165, 1.54) is 17.8 Å². The fraction of sp³-hybridized carbons (Fsp3) is 0.250. The normalized spacial score (nSPS) is 10.4. The van der Waals surface area contributed by atoms with Crippen LogP contribution in [0.5, 0.6) is 0 Å². The Morgan fingerprint density at radius 2 is 2.17 bits per heavy atom. The third-order valence-electron chi connectivity index (χ3n) is 1.50. The SMILES string of the molecule is CSc1c(F)cc(C)c(Cl)c1Br. The van der Waals surface area contributed by atoms with Crippen LogP contribution in [0.25, 0.3) is 0 Å². The minimum Gasteiger partial charge on any atom is -0.206 e. The van der Waals surface area contributed by atoms with Crippen LogP contribution in [-0.4, -0.2) is 6.26 Å². The van der Waals surface area contributed by atoms with Crippen molar-refractivity contribution in [1.29, 1.82) is 0 Å². The van der Waals surface area contributed by atoms with Gasteiger partial charge in [-0.2, -0.15) is 0 Å². The molecule has 1 rings (SSSR count). The summed E-state index contributed by atoms with van der Waals surface area (Å²) in [5, 5.41) is 0.584. The molecular weight excluding hydrogens is 263 g/mol. The Bertz CT molecular complexity index is 314. The third kappa shape index (κ3) is 1.78. The lowest BCUT2D eigenvalue weighted by Crippen LogP contribution is -1.87. The smallest absolute Gasteiger partial charge is 0.138 e. The Morgan fingerprint density at radius 1 is 1.58 bits per heavy atom. The second-order valence-corrected chi connectivity index (χ2v) is 4.32. The predicted octanol–water partition coefficient (Wildman–Crippen LogP) is 4.27. The van der Waals surface area contributed by atoms with E-state index in [9.17, 15) is 4.39 Å². The second kappa shape index (κ2) is 3.99.